The van der Waals surface area contributed by atoms with Crippen molar-refractivity contribution in [1.82, 2.24) is 5.32 Å². The molecule has 0 aromatic heterocycles. The standard InChI is InChI=1S/C30H40N3O10P/c1-41-28(35)25(32-30(36)42-19-21-5-3-2-4-6-21)13-16-44(39,40)29(43-27-18-22(27)10-9-20-7-8-20)23-11-12-24(31-14-15-34)26(17-23)33(37)38/h2-6,11-12,17,20,22,25,27,29,31,34H,7-10,13-16,18-19H2,1H3,(H,32,36)(H,39,40)/t22?,25-,27-,29?/m0/s1. The number of hydrogen-bond donors (Lipinski definition) is 4. The van der Waals surface area contributed by atoms with Crippen LogP contribution in [0.15, 0.2) is 48.5 Å². The van der Waals surface area contributed by atoms with Gasteiger partial charge in [0.2, 0.25) is 7.37 Å². The summed E-state index contributed by atoms with van der Waals surface area (Å²) in [4.78, 5) is 47.5. The van der Waals surface area contributed by atoms with Crippen molar-refractivity contribution < 1.29 is 43.3 Å². The van der Waals surface area contributed by atoms with Gasteiger partial charge in [-0.15, -0.1) is 0 Å². The maximum Gasteiger partial charge on any atom is 0.408 e. The number of nitro groups is 1. The second-order valence-corrected chi connectivity index (χ2v) is 13.7. The lowest BCUT2D eigenvalue weighted by molar-refractivity contribution is -0.384. The number of methoxy groups -OCH3 is 1. The van der Waals surface area contributed by atoms with Crippen LogP contribution in [0, 0.1) is 22.0 Å². The number of carbonyl (C=O) groups is 2. The number of aliphatic hydroxyl groups excluding tert-OH is 1. The molecular weight excluding hydrogens is 593 g/mol. The van der Waals surface area contributed by atoms with Crippen LogP contribution in [0.4, 0.5) is 16.2 Å². The summed E-state index contributed by atoms with van der Waals surface area (Å²) < 4.78 is 30.1. The summed E-state index contributed by atoms with van der Waals surface area (Å²) in [6.45, 7) is -0.200. The van der Waals surface area contributed by atoms with Gasteiger partial charge in [-0.3, -0.25) is 14.7 Å². The van der Waals surface area contributed by atoms with Crippen molar-refractivity contribution in [3.63, 3.8) is 0 Å². The van der Waals surface area contributed by atoms with E-state index in [1.165, 1.54) is 31.0 Å². The first-order chi connectivity index (χ1) is 21.1. The molecule has 2 aliphatic carbocycles. The Morgan fingerprint density at radius 3 is 2.57 bits per heavy atom. The van der Waals surface area contributed by atoms with E-state index in [4.69, 9.17) is 19.3 Å². The largest absolute Gasteiger partial charge is 0.467 e. The smallest absolute Gasteiger partial charge is 0.408 e. The number of amides is 1. The summed E-state index contributed by atoms with van der Waals surface area (Å²) in [5, 5.41) is 26.2. The van der Waals surface area contributed by atoms with Crippen molar-refractivity contribution in [2.45, 2.75) is 63.1 Å². The predicted molar refractivity (Wildman–Crippen MR) is 161 cm³/mol. The minimum Gasteiger partial charge on any atom is -0.467 e. The Kier molecular flexibility index (Phi) is 11.7. The highest BCUT2D eigenvalue weighted by Crippen LogP contribution is 2.60. The molecule has 2 aliphatic rings. The number of hydrogen-bond acceptors (Lipinski definition) is 10. The molecule has 13 nitrogen and oxygen atoms in total. The number of carbonyl (C=O) groups excluding carboxylic acids is 2. The number of esters is 1. The first kappa shape index (κ1) is 33.4. The number of alkyl carbamates (subject to hydrolysis) is 1. The zero-order valence-corrected chi connectivity index (χ0v) is 25.5. The molecule has 44 heavy (non-hydrogen) atoms. The lowest BCUT2D eigenvalue weighted by atomic mass is 10.1. The maximum atomic E-state index is 13.9. The molecular formula is C30H40N3O10P. The average Bonchev–Trinajstić information content (AvgIpc) is 3.95. The van der Waals surface area contributed by atoms with Crippen LogP contribution in [-0.2, 0) is 30.2 Å². The van der Waals surface area contributed by atoms with Gasteiger partial charge < -0.3 is 34.8 Å². The van der Waals surface area contributed by atoms with Crippen LogP contribution in [-0.4, -0.2) is 65.6 Å². The number of nitro benzene ring substituents is 1. The third-order valence-corrected chi connectivity index (χ3v) is 9.88. The predicted octanol–water partition coefficient (Wildman–Crippen LogP) is 4.72. The van der Waals surface area contributed by atoms with Crippen molar-refractivity contribution in [3.05, 3.63) is 69.8 Å². The van der Waals surface area contributed by atoms with E-state index in [1.54, 1.807) is 24.3 Å². The number of aliphatic hydroxyl groups is 1. The Balaban J connectivity index is 1.48. The number of nitrogens with one attached hydrogen (secondary N) is 2. The number of anilines is 1. The highest BCUT2D eigenvalue weighted by molar-refractivity contribution is 7.58. The Bertz CT molecular complexity index is 1340. The van der Waals surface area contributed by atoms with Gasteiger partial charge in [0.1, 0.15) is 18.3 Å². The summed E-state index contributed by atoms with van der Waals surface area (Å²) in [5.74, 6) is -1.24. The minimum absolute atomic E-state index is 0.0415. The molecule has 0 spiro atoms. The molecule has 1 amide bonds. The van der Waals surface area contributed by atoms with Gasteiger partial charge in [-0.1, -0.05) is 55.7 Å². The lowest BCUT2D eigenvalue weighted by Crippen LogP contribution is -2.42. The van der Waals surface area contributed by atoms with Crippen molar-refractivity contribution >= 4 is 30.8 Å². The summed E-state index contributed by atoms with van der Waals surface area (Å²) in [5.41, 5.74) is 0.701. The molecule has 4 rings (SSSR count). The average molecular weight is 634 g/mol. The fraction of sp³-hybridized carbons (Fsp3) is 0.533. The maximum absolute atomic E-state index is 13.9. The quantitative estimate of drug-likeness (QED) is 0.0770. The molecule has 2 fully saturated rings. The van der Waals surface area contributed by atoms with Crippen LogP contribution < -0.4 is 10.6 Å². The van der Waals surface area contributed by atoms with Gasteiger partial charge in [0.15, 0.2) is 5.85 Å². The summed E-state index contributed by atoms with van der Waals surface area (Å²) in [6, 6.07) is 11.7. The zero-order valence-electron chi connectivity index (χ0n) is 24.6. The van der Waals surface area contributed by atoms with E-state index < -0.39 is 42.4 Å². The molecule has 0 heterocycles. The Morgan fingerprint density at radius 2 is 1.91 bits per heavy atom. The van der Waals surface area contributed by atoms with Crippen LogP contribution in [0.1, 0.15) is 55.5 Å². The van der Waals surface area contributed by atoms with Crippen molar-refractivity contribution in [2.24, 2.45) is 11.8 Å². The molecule has 0 saturated heterocycles. The molecule has 5 atom stereocenters. The first-order valence-electron chi connectivity index (χ1n) is 14.8. The Hall–Kier alpha value is -3.51. The fourth-order valence-electron chi connectivity index (χ4n) is 5.04. The van der Waals surface area contributed by atoms with Crippen molar-refractivity contribution in [1.29, 1.82) is 0 Å². The van der Waals surface area contributed by atoms with E-state index in [1.807, 2.05) is 6.07 Å². The monoisotopic (exact) mass is 633 g/mol. The minimum atomic E-state index is -4.29. The van der Waals surface area contributed by atoms with Gasteiger partial charge in [-0.25, -0.2) is 9.59 Å². The second kappa shape index (κ2) is 15.5. The summed E-state index contributed by atoms with van der Waals surface area (Å²) >= 11 is 0. The van der Waals surface area contributed by atoms with Crippen LogP contribution in [0.25, 0.3) is 0 Å². The Morgan fingerprint density at radius 1 is 1.16 bits per heavy atom. The van der Waals surface area contributed by atoms with Crippen LogP contribution in [0.2, 0.25) is 0 Å². The molecule has 2 aromatic rings. The number of rotatable bonds is 18. The Labute approximate surface area is 255 Å². The van der Waals surface area contributed by atoms with Gasteiger partial charge >= 0.3 is 12.1 Å². The highest BCUT2D eigenvalue weighted by Gasteiger charge is 2.45. The molecule has 0 aliphatic heterocycles. The third-order valence-electron chi connectivity index (χ3n) is 7.83. The SMILES string of the molecule is COC(=O)[C@H](CCP(=O)(O)C(O[C@H]1CC1CCC1CC1)c1ccc(NCCO)c([N+](=O)[O-])c1)NC(=O)OCc1ccccc1. The van der Waals surface area contributed by atoms with Crippen LogP contribution in [0.3, 0.4) is 0 Å². The summed E-state index contributed by atoms with van der Waals surface area (Å²) in [7, 11) is -3.16. The van der Waals surface area contributed by atoms with E-state index in [0.29, 0.717) is 0 Å². The van der Waals surface area contributed by atoms with E-state index in [0.717, 1.165) is 37.9 Å². The number of ether oxygens (including phenoxy) is 3. The van der Waals surface area contributed by atoms with Gasteiger partial charge in [0, 0.05) is 18.8 Å². The second-order valence-electron chi connectivity index (χ2n) is 11.3. The molecule has 2 saturated carbocycles. The molecule has 3 unspecified atom stereocenters. The van der Waals surface area contributed by atoms with Crippen molar-refractivity contribution in [2.75, 3.05) is 31.7 Å². The van der Waals surface area contributed by atoms with Gasteiger partial charge in [0.25, 0.3) is 5.69 Å². The topological polar surface area (TPSA) is 187 Å². The fourth-order valence-corrected chi connectivity index (χ4v) is 6.88. The van der Waals surface area contributed by atoms with Gasteiger partial charge in [-0.05, 0) is 48.3 Å². The summed E-state index contributed by atoms with van der Waals surface area (Å²) in [6.07, 6.45) is 3.31. The van der Waals surface area contributed by atoms with Crippen molar-refractivity contribution in [3.8, 4) is 0 Å². The molecule has 2 aromatic carbocycles. The first-order valence-corrected chi connectivity index (χ1v) is 16.7. The van der Waals surface area contributed by atoms with Gasteiger partial charge in [-0.2, -0.15) is 0 Å². The molecule has 0 radical (unpaired) electrons. The molecule has 0 bridgehead atoms. The zero-order chi connectivity index (χ0) is 31.7. The van der Waals surface area contributed by atoms with Crippen LogP contribution >= 0.6 is 7.37 Å². The molecule has 14 heteroatoms. The van der Waals surface area contributed by atoms with Crippen LogP contribution in [0.5, 0.6) is 0 Å². The van der Waals surface area contributed by atoms with E-state index >= 15 is 0 Å². The van der Waals surface area contributed by atoms with E-state index in [9.17, 15) is 29.2 Å². The number of benzene rings is 2. The highest BCUT2D eigenvalue weighted by atomic mass is 31.2. The normalized spacial score (nSPS) is 20.1. The van der Waals surface area contributed by atoms with Gasteiger partial charge in [0.05, 0.1) is 24.7 Å². The number of nitrogens with zero attached hydrogens (tertiary/aromatic N) is 1. The third kappa shape index (κ3) is 9.75. The van der Waals surface area contributed by atoms with E-state index in [-0.39, 0.29) is 55.1 Å². The molecule has 240 valence electrons. The molecule has 4 N–H and O–H groups in total. The lowest BCUT2D eigenvalue weighted by Gasteiger charge is -2.26. The van der Waals surface area contributed by atoms with E-state index in [2.05, 4.69) is 10.6 Å².